The van der Waals surface area contributed by atoms with E-state index in [2.05, 4.69) is 5.32 Å². The third kappa shape index (κ3) is 5.40. The zero-order chi connectivity index (χ0) is 21.6. The molecule has 0 fully saturated rings. The minimum absolute atomic E-state index is 0.199. The Morgan fingerprint density at radius 1 is 0.967 bits per heavy atom. The number of nitrogens with zero attached hydrogens (tertiary/aromatic N) is 1. The number of amides is 1. The van der Waals surface area contributed by atoms with Crippen LogP contribution in [0.25, 0.3) is 0 Å². The SMILES string of the molecule is CN(c1cccc(C(=O)NCCCc2ccc(Cl)cc2)c1)S(=O)(=O)c1ccccc1. The zero-order valence-corrected chi connectivity index (χ0v) is 18.2. The maximum Gasteiger partial charge on any atom is 0.264 e. The molecule has 0 spiro atoms. The highest BCUT2D eigenvalue weighted by Crippen LogP contribution is 2.22. The second-order valence-corrected chi connectivity index (χ2v) is 9.23. The molecular weight excluding hydrogens is 420 g/mol. The van der Waals surface area contributed by atoms with E-state index < -0.39 is 10.0 Å². The van der Waals surface area contributed by atoms with Gasteiger partial charge in [-0.3, -0.25) is 9.10 Å². The number of anilines is 1. The van der Waals surface area contributed by atoms with E-state index in [1.807, 2.05) is 24.3 Å². The molecule has 0 aliphatic heterocycles. The summed E-state index contributed by atoms with van der Waals surface area (Å²) in [6.07, 6.45) is 1.62. The lowest BCUT2D eigenvalue weighted by Gasteiger charge is -2.20. The van der Waals surface area contributed by atoms with Crippen LogP contribution in [0, 0.1) is 0 Å². The van der Waals surface area contributed by atoms with Crippen LogP contribution in [0.5, 0.6) is 0 Å². The highest BCUT2D eigenvalue weighted by Gasteiger charge is 2.21. The number of hydrogen-bond donors (Lipinski definition) is 1. The standard InChI is InChI=1S/C23H23ClN2O3S/c1-26(30(28,29)22-10-3-2-4-11-22)21-9-5-8-19(17-21)23(27)25-16-6-7-18-12-14-20(24)15-13-18/h2-5,8-15,17H,6-7,16H2,1H3,(H,25,27). The van der Waals surface area contributed by atoms with Gasteiger partial charge in [-0.25, -0.2) is 8.42 Å². The molecule has 1 N–H and O–H groups in total. The lowest BCUT2D eigenvalue weighted by molar-refractivity contribution is 0.0953. The maximum atomic E-state index is 12.8. The molecule has 0 atom stereocenters. The largest absolute Gasteiger partial charge is 0.352 e. The minimum atomic E-state index is -3.70. The van der Waals surface area contributed by atoms with Crippen LogP contribution in [0.2, 0.25) is 5.02 Å². The van der Waals surface area contributed by atoms with Gasteiger partial charge in [0.05, 0.1) is 10.6 Å². The first-order valence-electron chi connectivity index (χ1n) is 9.54. The van der Waals surface area contributed by atoms with Crippen molar-refractivity contribution in [3.8, 4) is 0 Å². The van der Waals surface area contributed by atoms with E-state index in [4.69, 9.17) is 11.6 Å². The first kappa shape index (κ1) is 21.9. The first-order chi connectivity index (χ1) is 14.4. The normalized spacial score (nSPS) is 11.1. The second-order valence-electron chi connectivity index (χ2n) is 6.82. The molecule has 0 saturated heterocycles. The molecule has 0 unspecified atom stereocenters. The highest BCUT2D eigenvalue weighted by molar-refractivity contribution is 7.92. The second kappa shape index (κ2) is 9.78. The van der Waals surface area contributed by atoms with Gasteiger partial charge >= 0.3 is 0 Å². The fourth-order valence-electron chi connectivity index (χ4n) is 2.98. The van der Waals surface area contributed by atoms with Crippen molar-refractivity contribution >= 4 is 33.2 Å². The van der Waals surface area contributed by atoms with Crippen molar-refractivity contribution in [2.75, 3.05) is 17.9 Å². The van der Waals surface area contributed by atoms with E-state index in [-0.39, 0.29) is 10.8 Å². The van der Waals surface area contributed by atoms with E-state index in [1.54, 1.807) is 54.6 Å². The number of carbonyl (C=O) groups is 1. The van der Waals surface area contributed by atoms with E-state index in [0.29, 0.717) is 22.8 Å². The van der Waals surface area contributed by atoms with Crippen molar-refractivity contribution in [3.05, 3.63) is 95.0 Å². The molecular formula is C23H23ClN2O3S. The fraction of sp³-hybridized carbons (Fsp3) is 0.174. The van der Waals surface area contributed by atoms with Gasteiger partial charge in [0.2, 0.25) is 0 Å². The third-order valence-corrected chi connectivity index (χ3v) is 6.77. The average molecular weight is 443 g/mol. The van der Waals surface area contributed by atoms with Gasteiger partial charge < -0.3 is 5.32 Å². The fourth-order valence-corrected chi connectivity index (χ4v) is 4.31. The summed E-state index contributed by atoms with van der Waals surface area (Å²) < 4.78 is 26.8. The predicted molar refractivity (Wildman–Crippen MR) is 121 cm³/mol. The molecule has 0 heterocycles. The number of rotatable bonds is 8. The van der Waals surface area contributed by atoms with E-state index in [9.17, 15) is 13.2 Å². The summed E-state index contributed by atoms with van der Waals surface area (Å²) >= 11 is 5.88. The number of halogens is 1. The van der Waals surface area contributed by atoms with E-state index in [1.165, 1.54) is 11.4 Å². The summed E-state index contributed by atoms with van der Waals surface area (Å²) in [6.45, 7) is 0.518. The monoisotopic (exact) mass is 442 g/mol. The lowest BCUT2D eigenvalue weighted by atomic mass is 10.1. The summed E-state index contributed by atoms with van der Waals surface area (Å²) in [5.41, 5.74) is 1.99. The van der Waals surface area contributed by atoms with E-state index >= 15 is 0 Å². The average Bonchev–Trinajstić information content (AvgIpc) is 2.78. The zero-order valence-electron chi connectivity index (χ0n) is 16.6. The summed E-state index contributed by atoms with van der Waals surface area (Å²) in [6, 6.07) is 22.4. The quantitative estimate of drug-likeness (QED) is 0.521. The van der Waals surface area contributed by atoms with Gasteiger partial charge in [0.1, 0.15) is 0 Å². The number of aryl methyl sites for hydroxylation is 1. The molecule has 3 aromatic carbocycles. The summed E-state index contributed by atoms with van der Waals surface area (Å²) in [4.78, 5) is 12.7. The van der Waals surface area contributed by atoms with Crippen molar-refractivity contribution in [1.29, 1.82) is 0 Å². The molecule has 5 nitrogen and oxygen atoms in total. The molecule has 0 bridgehead atoms. The number of benzene rings is 3. The van der Waals surface area contributed by atoms with Gasteiger partial charge in [-0.1, -0.05) is 48.0 Å². The van der Waals surface area contributed by atoms with Gasteiger partial charge in [-0.05, 0) is 60.9 Å². The number of hydrogen-bond acceptors (Lipinski definition) is 3. The summed E-state index contributed by atoms with van der Waals surface area (Å²) in [5, 5.41) is 3.58. The number of carbonyl (C=O) groups excluding carboxylic acids is 1. The molecule has 30 heavy (non-hydrogen) atoms. The minimum Gasteiger partial charge on any atom is -0.352 e. The molecule has 0 aliphatic carbocycles. The van der Waals surface area contributed by atoms with Gasteiger partial charge in [-0.2, -0.15) is 0 Å². The summed E-state index contributed by atoms with van der Waals surface area (Å²) in [5.74, 6) is -0.238. The Labute approximate surface area is 182 Å². The molecule has 0 aliphatic rings. The van der Waals surface area contributed by atoms with Crippen LogP contribution in [-0.4, -0.2) is 27.9 Å². The molecule has 3 aromatic rings. The molecule has 1 amide bonds. The van der Waals surface area contributed by atoms with E-state index in [0.717, 1.165) is 18.4 Å². The van der Waals surface area contributed by atoms with Gasteiger partial charge in [-0.15, -0.1) is 0 Å². The van der Waals surface area contributed by atoms with Crippen LogP contribution in [-0.2, 0) is 16.4 Å². The van der Waals surface area contributed by atoms with Crippen LogP contribution < -0.4 is 9.62 Å². The Kier molecular flexibility index (Phi) is 7.13. The van der Waals surface area contributed by atoms with Gasteiger partial charge in [0, 0.05) is 24.2 Å². The van der Waals surface area contributed by atoms with Crippen molar-refractivity contribution in [2.24, 2.45) is 0 Å². The summed E-state index contributed by atoms with van der Waals surface area (Å²) in [7, 11) is -2.22. The molecule has 0 radical (unpaired) electrons. The smallest absolute Gasteiger partial charge is 0.264 e. The van der Waals surface area contributed by atoms with Gasteiger partial charge in [0.25, 0.3) is 15.9 Å². The Hall–Kier alpha value is -2.83. The molecule has 7 heteroatoms. The van der Waals surface area contributed by atoms with Crippen molar-refractivity contribution < 1.29 is 13.2 Å². The van der Waals surface area contributed by atoms with Crippen LogP contribution in [0.15, 0.2) is 83.8 Å². The van der Waals surface area contributed by atoms with Crippen molar-refractivity contribution in [1.82, 2.24) is 5.32 Å². The Morgan fingerprint density at radius 2 is 1.67 bits per heavy atom. The van der Waals surface area contributed by atoms with Crippen molar-refractivity contribution in [3.63, 3.8) is 0 Å². The molecule has 3 rings (SSSR count). The Morgan fingerprint density at radius 3 is 2.37 bits per heavy atom. The first-order valence-corrected chi connectivity index (χ1v) is 11.4. The molecule has 0 saturated carbocycles. The van der Waals surface area contributed by atoms with Gasteiger partial charge in [0.15, 0.2) is 0 Å². The highest BCUT2D eigenvalue weighted by atomic mass is 35.5. The Bertz CT molecular complexity index is 1100. The topological polar surface area (TPSA) is 66.5 Å². The molecule has 156 valence electrons. The number of nitrogens with one attached hydrogen (secondary N) is 1. The van der Waals surface area contributed by atoms with Crippen molar-refractivity contribution in [2.45, 2.75) is 17.7 Å². The van der Waals surface area contributed by atoms with Crippen LogP contribution >= 0.6 is 11.6 Å². The van der Waals surface area contributed by atoms with Crippen LogP contribution in [0.1, 0.15) is 22.3 Å². The lowest BCUT2D eigenvalue weighted by Crippen LogP contribution is -2.28. The maximum absolute atomic E-state index is 12.8. The molecule has 0 aromatic heterocycles. The predicted octanol–water partition coefficient (Wildman–Crippen LogP) is 4.53. The third-order valence-electron chi connectivity index (χ3n) is 4.71. The Balaban J connectivity index is 1.61. The number of sulfonamides is 1. The van der Waals surface area contributed by atoms with Crippen LogP contribution in [0.3, 0.4) is 0 Å². The van der Waals surface area contributed by atoms with Crippen LogP contribution in [0.4, 0.5) is 5.69 Å².